The van der Waals surface area contributed by atoms with E-state index in [1.807, 2.05) is 66.7 Å². The molecule has 0 bridgehead atoms. The number of hydrogen-bond donors (Lipinski definition) is 4. The molecule has 0 saturated carbocycles. The summed E-state index contributed by atoms with van der Waals surface area (Å²) in [4.78, 5) is 39.0. The Morgan fingerprint density at radius 3 is 1.80 bits per heavy atom. The fourth-order valence-corrected chi connectivity index (χ4v) is 4.08. The molecule has 9 nitrogen and oxygen atoms in total. The predicted octanol–water partition coefficient (Wildman–Crippen LogP) is 3.15. The second kappa shape index (κ2) is 15.8. The Bertz CT molecular complexity index is 1300. The number of carbonyl (C=O) groups excluding carboxylic acids is 2. The van der Waals surface area contributed by atoms with Gasteiger partial charge in [0.2, 0.25) is 5.91 Å². The normalized spacial score (nSPS) is 11.5. The molecule has 3 aromatic heterocycles. The first-order valence-corrected chi connectivity index (χ1v) is 13.5. The molecule has 0 aliphatic heterocycles. The van der Waals surface area contributed by atoms with Crippen molar-refractivity contribution in [3.05, 3.63) is 126 Å². The lowest BCUT2D eigenvalue weighted by Crippen LogP contribution is -2.46. The van der Waals surface area contributed by atoms with Crippen molar-refractivity contribution in [3.8, 4) is 0 Å². The predicted molar refractivity (Wildman–Crippen MR) is 154 cm³/mol. The second-order valence-electron chi connectivity index (χ2n) is 9.33. The van der Waals surface area contributed by atoms with Crippen molar-refractivity contribution in [1.29, 1.82) is 0 Å². The zero-order valence-corrected chi connectivity index (χ0v) is 22.4. The Kier molecular flexibility index (Phi) is 11.3. The molecule has 1 aromatic carbocycles. The molecule has 2 amide bonds. The van der Waals surface area contributed by atoms with Crippen molar-refractivity contribution in [2.24, 2.45) is 0 Å². The maximum atomic E-state index is 13.1. The van der Waals surface area contributed by atoms with Gasteiger partial charge in [0.1, 0.15) is 6.04 Å². The van der Waals surface area contributed by atoms with Gasteiger partial charge in [-0.1, -0.05) is 30.3 Å². The molecule has 0 saturated heterocycles. The molecule has 4 aromatic rings. The van der Waals surface area contributed by atoms with Gasteiger partial charge in [0.25, 0.3) is 5.91 Å². The van der Waals surface area contributed by atoms with E-state index in [9.17, 15) is 9.59 Å². The Hall–Kier alpha value is -4.47. The molecule has 0 radical (unpaired) electrons. The van der Waals surface area contributed by atoms with Crippen LogP contribution in [-0.4, -0.2) is 39.4 Å². The molecule has 0 unspecified atom stereocenters. The highest BCUT2D eigenvalue weighted by Crippen LogP contribution is 2.07. The molecule has 1 atom stereocenters. The Labute approximate surface area is 234 Å². The molecule has 3 heterocycles. The fourth-order valence-electron chi connectivity index (χ4n) is 4.08. The van der Waals surface area contributed by atoms with E-state index < -0.39 is 6.04 Å². The van der Waals surface area contributed by atoms with Crippen molar-refractivity contribution < 1.29 is 9.59 Å². The van der Waals surface area contributed by atoms with E-state index in [-0.39, 0.29) is 11.8 Å². The molecule has 0 aliphatic rings. The van der Waals surface area contributed by atoms with Crippen LogP contribution < -0.4 is 21.3 Å². The zero-order chi connectivity index (χ0) is 27.8. The first-order valence-electron chi connectivity index (χ1n) is 13.5. The molecule has 40 heavy (non-hydrogen) atoms. The van der Waals surface area contributed by atoms with Crippen molar-refractivity contribution in [2.45, 2.75) is 45.1 Å². The molecular formula is C31H35N7O2. The molecule has 4 N–H and O–H groups in total. The van der Waals surface area contributed by atoms with E-state index in [0.717, 1.165) is 22.6 Å². The summed E-state index contributed by atoms with van der Waals surface area (Å²) in [6, 6.07) is 23.9. The van der Waals surface area contributed by atoms with Crippen molar-refractivity contribution >= 4 is 11.8 Å². The maximum absolute atomic E-state index is 13.1. The van der Waals surface area contributed by atoms with Crippen LogP contribution >= 0.6 is 0 Å². The quantitative estimate of drug-likeness (QED) is 0.172. The lowest BCUT2D eigenvalue weighted by molar-refractivity contribution is -0.123. The SMILES string of the molecule is O=C(N[C@@H](CCCNCc1ccccn1)C(=O)NCc1ccccn1)c1ccc(CNCc2ccccn2)cc1. The first-order chi connectivity index (χ1) is 19.7. The van der Waals surface area contributed by atoms with Crippen molar-refractivity contribution in [2.75, 3.05) is 6.54 Å². The molecule has 0 aliphatic carbocycles. The molecule has 206 valence electrons. The molecular weight excluding hydrogens is 502 g/mol. The topological polar surface area (TPSA) is 121 Å². The van der Waals surface area contributed by atoms with E-state index in [1.165, 1.54) is 0 Å². The van der Waals surface area contributed by atoms with Crippen LogP contribution in [0.3, 0.4) is 0 Å². The van der Waals surface area contributed by atoms with E-state index in [4.69, 9.17) is 0 Å². The van der Waals surface area contributed by atoms with Gasteiger partial charge in [0, 0.05) is 43.8 Å². The van der Waals surface area contributed by atoms with Crippen LogP contribution in [0.15, 0.2) is 97.5 Å². The summed E-state index contributed by atoms with van der Waals surface area (Å²) in [6.45, 7) is 2.95. The smallest absolute Gasteiger partial charge is 0.251 e. The average Bonchev–Trinajstić information content (AvgIpc) is 3.01. The number of nitrogens with one attached hydrogen (secondary N) is 4. The fraction of sp³-hybridized carbons (Fsp3) is 0.258. The number of aromatic nitrogens is 3. The van der Waals surface area contributed by atoms with Crippen LogP contribution in [0.25, 0.3) is 0 Å². The monoisotopic (exact) mass is 537 g/mol. The number of rotatable bonds is 15. The first kappa shape index (κ1) is 28.5. The molecule has 0 spiro atoms. The molecule has 4 rings (SSSR count). The van der Waals surface area contributed by atoms with Crippen molar-refractivity contribution in [1.82, 2.24) is 36.2 Å². The lowest BCUT2D eigenvalue weighted by atomic mass is 10.1. The number of nitrogens with zero attached hydrogens (tertiary/aromatic N) is 3. The summed E-state index contributed by atoms with van der Waals surface area (Å²) >= 11 is 0. The van der Waals surface area contributed by atoms with Crippen LogP contribution in [-0.2, 0) is 31.0 Å². The minimum atomic E-state index is -0.674. The Balaban J connectivity index is 1.28. The summed E-state index contributed by atoms with van der Waals surface area (Å²) in [7, 11) is 0. The van der Waals surface area contributed by atoms with Crippen LogP contribution in [0.4, 0.5) is 0 Å². The average molecular weight is 538 g/mol. The van der Waals surface area contributed by atoms with Crippen molar-refractivity contribution in [3.63, 3.8) is 0 Å². The van der Waals surface area contributed by atoms with E-state index in [2.05, 4.69) is 36.2 Å². The molecule has 9 heteroatoms. The Morgan fingerprint density at radius 2 is 1.23 bits per heavy atom. The van der Waals surface area contributed by atoms with Gasteiger partial charge in [0.15, 0.2) is 0 Å². The van der Waals surface area contributed by atoms with Crippen LogP contribution in [0.5, 0.6) is 0 Å². The number of benzene rings is 1. The summed E-state index contributed by atoms with van der Waals surface area (Å²) in [6.07, 6.45) is 6.42. The van der Waals surface area contributed by atoms with Crippen LogP contribution in [0, 0.1) is 0 Å². The highest BCUT2D eigenvalue weighted by Gasteiger charge is 2.21. The zero-order valence-electron chi connectivity index (χ0n) is 22.4. The van der Waals surface area contributed by atoms with Gasteiger partial charge in [-0.15, -0.1) is 0 Å². The third-order valence-corrected chi connectivity index (χ3v) is 6.25. The minimum absolute atomic E-state index is 0.237. The highest BCUT2D eigenvalue weighted by atomic mass is 16.2. The van der Waals surface area contributed by atoms with E-state index >= 15 is 0 Å². The van der Waals surface area contributed by atoms with Gasteiger partial charge in [-0.05, 0) is 73.5 Å². The van der Waals surface area contributed by atoms with E-state index in [0.29, 0.717) is 51.1 Å². The summed E-state index contributed by atoms with van der Waals surface area (Å²) in [5.74, 6) is -0.522. The summed E-state index contributed by atoms with van der Waals surface area (Å²) < 4.78 is 0. The third kappa shape index (κ3) is 9.68. The highest BCUT2D eigenvalue weighted by molar-refractivity contribution is 5.97. The van der Waals surface area contributed by atoms with Crippen LogP contribution in [0.2, 0.25) is 0 Å². The van der Waals surface area contributed by atoms with Crippen LogP contribution in [0.1, 0.15) is 45.8 Å². The van der Waals surface area contributed by atoms with Gasteiger partial charge in [-0.25, -0.2) is 0 Å². The maximum Gasteiger partial charge on any atom is 0.251 e. The summed E-state index contributed by atoms with van der Waals surface area (Å²) in [5.41, 5.74) is 4.24. The lowest BCUT2D eigenvalue weighted by Gasteiger charge is -2.19. The Morgan fingerprint density at radius 1 is 0.650 bits per heavy atom. The van der Waals surface area contributed by atoms with Gasteiger partial charge < -0.3 is 21.3 Å². The third-order valence-electron chi connectivity index (χ3n) is 6.25. The van der Waals surface area contributed by atoms with Gasteiger partial charge in [-0.2, -0.15) is 0 Å². The largest absolute Gasteiger partial charge is 0.349 e. The minimum Gasteiger partial charge on any atom is -0.349 e. The number of amides is 2. The van der Waals surface area contributed by atoms with E-state index in [1.54, 1.807) is 30.7 Å². The number of pyridine rings is 3. The number of hydrogen-bond acceptors (Lipinski definition) is 7. The second-order valence-corrected chi connectivity index (χ2v) is 9.33. The van der Waals surface area contributed by atoms with Gasteiger partial charge in [-0.3, -0.25) is 24.5 Å². The summed E-state index contributed by atoms with van der Waals surface area (Å²) in [5, 5.41) is 12.5. The molecule has 0 fully saturated rings. The van der Waals surface area contributed by atoms with Gasteiger partial charge >= 0.3 is 0 Å². The number of carbonyl (C=O) groups is 2. The van der Waals surface area contributed by atoms with Gasteiger partial charge in [0.05, 0.1) is 23.6 Å². The standard InChI is InChI=1S/C31H35N7O2/c39-30(25-14-12-24(13-15-25)20-33-22-27-9-2-5-18-35-27)38-29(31(40)37-23-28-10-3-6-19-36-28)11-7-16-32-21-26-8-1-4-17-34-26/h1-6,8-10,12-15,17-19,29,32-33H,7,11,16,20-23H2,(H,37,40)(H,38,39)/t29-/m0/s1.